The number of amides is 3. The largest absolute Gasteiger partial charge is 0.484 e. The van der Waals surface area contributed by atoms with Crippen molar-refractivity contribution in [3.8, 4) is 5.75 Å². The molecule has 3 atom stereocenters. The molecule has 31 heavy (non-hydrogen) atoms. The summed E-state index contributed by atoms with van der Waals surface area (Å²) < 4.78 is 5.36. The Morgan fingerprint density at radius 2 is 1.87 bits per heavy atom. The number of ether oxygens (including phenoxy) is 1. The van der Waals surface area contributed by atoms with Crippen molar-refractivity contribution in [3.63, 3.8) is 0 Å². The molecule has 0 spiro atoms. The third-order valence-electron chi connectivity index (χ3n) is 5.19. The number of nitrogens with zero attached hydrogens (tertiary/aromatic N) is 2. The monoisotopic (exact) mass is 443 g/mol. The van der Waals surface area contributed by atoms with Crippen LogP contribution in [0.25, 0.3) is 0 Å². The van der Waals surface area contributed by atoms with Crippen LogP contribution in [0.15, 0.2) is 54.6 Å². The third kappa shape index (κ3) is 3.91. The number of carbonyl (C=O) groups is 4. The zero-order chi connectivity index (χ0) is 22.1. The lowest BCUT2D eigenvalue weighted by Crippen LogP contribution is -2.71. The van der Waals surface area contributed by atoms with Gasteiger partial charge in [-0.1, -0.05) is 35.9 Å². The van der Waals surface area contributed by atoms with Crippen molar-refractivity contribution in [1.82, 2.24) is 15.1 Å². The Balaban J connectivity index is 1.44. The summed E-state index contributed by atoms with van der Waals surface area (Å²) in [6.07, 6.45) is -1.45. The van der Waals surface area contributed by atoms with Gasteiger partial charge in [0.1, 0.15) is 11.8 Å². The molecule has 2 aliphatic rings. The summed E-state index contributed by atoms with van der Waals surface area (Å²) in [7, 11) is 0. The number of hydrogen-bond donors (Lipinski definition) is 2. The molecule has 0 aliphatic carbocycles. The van der Waals surface area contributed by atoms with Gasteiger partial charge in [0.25, 0.3) is 11.8 Å². The molecule has 2 aromatic carbocycles. The summed E-state index contributed by atoms with van der Waals surface area (Å²) >= 11 is 5.93. The number of benzene rings is 2. The van der Waals surface area contributed by atoms with E-state index < -0.39 is 41.9 Å². The maximum Gasteiger partial charge on any atom is 0.347 e. The standard InChI is InChI=1S/C21H18ClN3O6/c22-13-6-4-5-12(9-13)19(27)24-10-15-17(20(28)25(15)18(24)21(29)30)23-16(26)11-31-14-7-2-1-3-8-14/h1-9,15,17-18H,10-11H2,(H,23,26)(H,29,30)/t15?,17-,18?/m1/s1. The van der Waals surface area contributed by atoms with Crippen LogP contribution in [0.2, 0.25) is 5.02 Å². The number of hydrogen-bond acceptors (Lipinski definition) is 5. The van der Waals surface area contributed by atoms with Crippen molar-refractivity contribution in [2.75, 3.05) is 13.2 Å². The molecule has 0 bridgehead atoms. The Morgan fingerprint density at radius 3 is 2.55 bits per heavy atom. The van der Waals surface area contributed by atoms with E-state index in [1.807, 2.05) is 6.07 Å². The number of rotatable bonds is 6. The van der Waals surface area contributed by atoms with Crippen LogP contribution in [0.4, 0.5) is 0 Å². The van der Waals surface area contributed by atoms with Crippen LogP contribution in [0, 0.1) is 0 Å². The van der Waals surface area contributed by atoms with Crippen LogP contribution in [-0.2, 0) is 14.4 Å². The summed E-state index contributed by atoms with van der Waals surface area (Å²) in [6.45, 7) is -0.327. The molecule has 3 amide bonds. The Morgan fingerprint density at radius 1 is 1.13 bits per heavy atom. The highest BCUT2D eigenvalue weighted by atomic mass is 35.5. The van der Waals surface area contributed by atoms with Crippen molar-refractivity contribution in [2.45, 2.75) is 18.2 Å². The Bertz CT molecular complexity index is 1050. The maximum atomic E-state index is 12.9. The summed E-state index contributed by atoms with van der Waals surface area (Å²) in [4.78, 5) is 51.7. The topological polar surface area (TPSA) is 116 Å². The second-order valence-electron chi connectivity index (χ2n) is 7.14. The lowest BCUT2D eigenvalue weighted by atomic mass is 9.96. The second-order valence-corrected chi connectivity index (χ2v) is 7.58. The molecule has 0 saturated carbocycles. The molecule has 2 aliphatic heterocycles. The molecule has 0 radical (unpaired) electrons. The minimum absolute atomic E-state index is 0.0292. The normalized spacial score (nSPS) is 21.8. The van der Waals surface area contributed by atoms with Gasteiger partial charge < -0.3 is 25.0 Å². The van der Waals surface area contributed by atoms with Gasteiger partial charge in [0.05, 0.1) is 6.04 Å². The summed E-state index contributed by atoms with van der Waals surface area (Å²) in [5.41, 5.74) is 0.213. The van der Waals surface area contributed by atoms with E-state index in [0.717, 1.165) is 9.80 Å². The molecule has 9 nitrogen and oxygen atoms in total. The van der Waals surface area contributed by atoms with Crippen molar-refractivity contribution < 1.29 is 29.0 Å². The average molecular weight is 444 g/mol. The number of β-lactam (4-membered cyclic amide) rings is 1. The zero-order valence-corrected chi connectivity index (χ0v) is 16.9. The number of nitrogens with one attached hydrogen (secondary N) is 1. The number of halogens is 1. The fraction of sp³-hybridized carbons (Fsp3) is 0.238. The van der Waals surface area contributed by atoms with Crippen LogP contribution in [0.5, 0.6) is 5.75 Å². The van der Waals surface area contributed by atoms with Crippen LogP contribution in [-0.4, -0.2) is 70.0 Å². The first-order valence-electron chi connectivity index (χ1n) is 9.45. The molecule has 2 unspecified atom stereocenters. The summed E-state index contributed by atoms with van der Waals surface area (Å²) in [6, 6.07) is 13.3. The van der Waals surface area contributed by atoms with Gasteiger partial charge in [0, 0.05) is 17.1 Å². The number of carbonyl (C=O) groups excluding carboxylic acids is 3. The first-order chi connectivity index (χ1) is 14.9. The first kappa shape index (κ1) is 20.7. The number of para-hydroxylation sites is 1. The van der Waals surface area contributed by atoms with Crippen molar-refractivity contribution in [2.24, 2.45) is 0 Å². The van der Waals surface area contributed by atoms with Gasteiger partial charge in [-0.25, -0.2) is 4.79 Å². The lowest BCUT2D eigenvalue weighted by Gasteiger charge is -2.43. The van der Waals surface area contributed by atoms with Crippen LogP contribution < -0.4 is 10.1 Å². The van der Waals surface area contributed by atoms with Gasteiger partial charge in [-0.05, 0) is 30.3 Å². The van der Waals surface area contributed by atoms with Crippen LogP contribution in [0.3, 0.4) is 0 Å². The average Bonchev–Trinajstić information content (AvgIpc) is 3.13. The minimum atomic E-state index is -1.45. The molecule has 160 valence electrons. The molecule has 0 aromatic heterocycles. The summed E-state index contributed by atoms with van der Waals surface area (Å²) in [5, 5.41) is 12.5. The molecule has 2 N–H and O–H groups in total. The van der Waals surface area contributed by atoms with Crippen LogP contribution >= 0.6 is 11.6 Å². The predicted molar refractivity (Wildman–Crippen MR) is 108 cm³/mol. The number of carboxylic acids is 1. The van der Waals surface area contributed by atoms with Gasteiger partial charge in [0.2, 0.25) is 12.1 Å². The van der Waals surface area contributed by atoms with Gasteiger partial charge >= 0.3 is 5.97 Å². The molecule has 10 heteroatoms. The molecular formula is C21H18ClN3O6. The van der Waals surface area contributed by atoms with Crippen LogP contribution in [0.1, 0.15) is 10.4 Å². The molecule has 2 fully saturated rings. The molecular weight excluding hydrogens is 426 g/mol. The SMILES string of the molecule is O=C(COc1ccccc1)N[C@H]1C(=O)N2C1CN(C(=O)c1cccc(Cl)c1)C2C(=O)O. The van der Waals surface area contributed by atoms with E-state index in [9.17, 15) is 24.3 Å². The minimum Gasteiger partial charge on any atom is -0.484 e. The van der Waals surface area contributed by atoms with E-state index >= 15 is 0 Å². The predicted octanol–water partition coefficient (Wildman–Crippen LogP) is 0.981. The Labute approximate surface area is 182 Å². The zero-order valence-electron chi connectivity index (χ0n) is 16.1. The summed E-state index contributed by atoms with van der Waals surface area (Å²) in [5.74, 6) is -2.47. The lowest BCUT2D eigenvalue weighted by molar-refractivity contribution is -0.163. The molecule has 2 heterocycles. The Kier molecular flexibility index (Phi) is 5.51. The number of fused-ring (bicyclic) bond motifs is 1. The van der Waals surface area contributed by atoms with E-state index in [0.29, 0.717) is 10.8 Å². The van der Waals surface area contributed by atoms with E-state index in [2.05, 4.69) is 5.32 Å². The van der Waals surface area contributed by atoms with Crippen molar-refractivity contribution in [1.29, 1.82) is 0 Å². The highest BCUT2D eigenvalue weighted by Crippen LogP contribution is 2.34. The van der Waals surface area contributed by atoms with Gasteiger partial charge in [-0.3, -0.25) is 14.4 Å². The van der Waals surface area contributed by atoms with Crippen molar-refractivity contribution in [3.05, 3.63) is 65.2 Å². The molecule has 2 saturated heterocycles. The van der Waals surface area contributed by atoms with E-state index in [-0.39, 0.29) is 18.7 Å². The number of carboxylic acid groups (broad SMARTS) is 1. The van der Waals surface area contributed by atoms with E-state index in [1.165, 1.54) is 12.1 Å². The smallest absolute Gasteiger partial charge is 0.347 e. The second kappa shape index (κ2) is 8.27. The Hall–Kier alpha value is -3.59. The maximum absolute atomic E-state index is 12.9. The van der Waals surface area contributed by atoms with Gasteiger partial charge in [-0.2, -0.15) is 0 Å². The van der Waals surface area contributed by atoms with Gasteiger partial charge in [0.15, 0.2) is 6.61 Å². The van der Waals surface area contributed by atoms with Crippen molar-refractivity contribution >= 4 is 35.3 Å². The highest BCUT2D eigenvalue weighted by molar-refractivity contribution is 6.31. The van der Waals surface area contributed by atoms with E-state index in [1.54, 1.807) is 36.4 Å². The first-order valence-corrected chi connectivity index (χ1v) is 9.83. The quantitative estimate of drug-likeness (QED) is 0.643. The fourth-order valence-electron chi connectivity index (χ4n) is 3.79. The number of aliphatic carboxylic acids is 1. The molecule has 2 aromatic rings. The highest BCUT2D eigenvalue weighted by Gasteiger charge is 2.61. The van der Waals surface area contributed by atoms with E-state index in [4.69, 9.17) is 16.3 Å². The fourth-order valence-corrected chi connectivity index (χ4v) is 3.98. The molecule has 4 rings (SSSR count). The van der Waals surface area contributed by atoms with Gasteiger partial charge in [-0.15, -0.1) is 0 Å². The third-order valence-corrected chi connectivity index (χ3v) is 5.42.